The molecule has 0 spiro atoms. The summed E-state index contributed by atoms with van der Waals surface area (Å²) in [5, 5.41) is 5.61. The van der Waals surface area contributed by atoms with E-state index in [0.717, 1.165) is 52.0 Å². The molecule has 1 N–H and O–H groups in total. The van der Waals surface area contributed by atoms with E-state index in [4.69, 9.17) is 0 Å². The highest BCUT2D eigenvalue weighted by Gasteiger charge is 2.39. The van der Waals surface area contributed by atoms with E-state index in [9.17, 15) is 4.79 Å². The number of piperidine rings is 3. The Hall–Kier alpha value is -0.910. The van der Waals surface area contributed by atoms with Gasteiger partial charge in [0, 0.05) is 43.5 Å². The lowest BCUT2D eigenvalue weighted by atomic mass is 9.82. The quantitative estimate of drug-likeness (QED) is 0.909. The van der Waals surface area contributed by atoms with Gasteiger partial charge >= 0.3 is 0 Å². The first kappa shape index (κ1) is 16.6. The van der Waals surface area contributed by atoms with Crippen molar-refractivity contribution in [2.24, 2.45) is 11.8 Å². The third kappa shape index (κ3) is 3.68. The van der Waals surface area contributed by atoms with E-state index in [0.29, 0.717) is 23.8 Å². The van der Waals surface area contributed by atoms with Crippen LogP contribution in [0.2, 0.25) is 0 Å². The van der Waals surface area contributed by atoms with E-state index in [1.165, 1.54) is 24.3 Å². The Balaban J connectivity index is 1.37. The fourth-order valence-electron chi connectivity index (χ4n) is 4.77. The van der Waals surface area contributed by atoms with Gasteiger partial charge in [-0.05, 0) is 62.1 Å². The van der Waals surface area contributed by atoms with Gasteiger partial charge in [-0.1, -0.05) is 6.07 Å². The normalized spacial score (nSPS) is 29.7. The highest BCUT2D eigenvalue weighted by atomic mass is 32.1. The highest BCUT2D eigenvalue weighted by Crippen LogP contribution is 2.33. The summed E-state index contributed by atoms with van der Waals surface area (Å²) in [5.41, 5.74) is 0. The SMILES string of the molecule is O=C1CC[C@H]2CN(Cc3cccs3)CC[C@H]2N1CC1CCNCC1. The van der Waals surface area contributed by atoms with Gasteiger partial charge < -0.3 is 10.2 Å². The Bertz CT molecular complexity index is 541. The summed E-state index contributed by atoms with van der Waals surface area (Å²) >= 11 is 1.86. The molecule has 0 bridgehead atoms. The summed E-state index contributed by atoms with van der Waals surface area (Å²) in [6.07, 6.45) is 5.47. The van der Waals surface area contributed by atoms with Crippen molar-refractivity contribution < 1.29 is 4.79 Å². The smallest absolute Gasteiger partial charge is 0.222 e. The number of carbonyl (C=O) groups excluding carboxylic acids is 1. The first-order valence-corrected chi connectivity index (χ1v) is 10.4. The fourth-order valence-corrected chi connectivity index (χ4v) is 5.52. The molecule has 24 heavy (non-hydrogen) atoms. The fraction of sp³-hybridized carbons (Fsp3) is 0.737. The van der Waals surface area contributed by atoms with Crippen molar-refractivity contribution in [2.75, 3.05) is 32.7 Å². The number of nitrogens with one attached hydrogen (secondary N) is 1. The molecule has 1 amide bonds. The van der Waals surface area contributed by atoms with Gasteiger partial charge in [-0.15, -0.1) is 11.3 Å². The lowest BCUT2D eigenvalue weighted by molar-refractivity contribution is -0.142. The number of rotatable bonds is 4. The molecule has 4 rings (SSSR count). The average molecular weight is 348 g/mol. The molecule has 4 nitrogen and oxygen atoms in total. The van der Waals surface area contributed by atoms with E-state index >= 15 is 0 Å². The average Bonchev–Trinajstić information content (AvgIpc) is 3.11. The zero-order valence-electron chi connectivity index (χ0n) is 14.5. The van der Waals surface area contributed by atoms with Gasteiger partial charge in [0.2, 0.25) is 5.91 Å². The van der Waals surface area contributed by atoms with Crippen molar-refractivity contribution >= 4 is 17.2 Å². The summed E-state index contributed by atoms with van der Waals surface area (Å²) in [6, 6.07) is 4.89. The number of carbonyl (C=O) groups is 1. The van der Waals surface area contributed by atoms with Gasteiger partial charge in [0.05, 0.1) is 0 Å². The van der Waals surface area contributed by atoms with Crippen molar-refractivity contribution in [3.05, 3.63) is 22.4 Å². The largest absolute Gasteiger partial charge is 0.339 e. The van der Waals surface area contributed by atoms with Crippen molar-refractivity contribution in [1.82, 2.24) is 15.1 Å². The van der Waals surface area contributed by atoms with Crippen LogP contribution in [0.15, 0.2) is 17.5 Å². The molecular formula is C19H29N3OS. The van der Waals surface area contributed by atoms with Crippen LogP contribution in [0.5, 0.6) is 0 Å². The van der Waals surface area contributed by atoms with Crippen LogP contribution >= 0.6 is 11.3 Å². The molecule has 5 heteroatoms. The second-order valence-electron chi connectivity index (χ2n) is 7.71. The molecule has 3 saturated heterocycles. The molecule has 0 unspecified atom stereocenters. The summed E-state index contributed by atoms with van der Waals surface area (Å²) in [6.45, 7) is 6.63. The molecule has 132 valence electrons. The third-order valence-corrected chi connectivity index (χ3v) is 6.96. The lowest BCUT2D eigenvalue weighted by Crippen LogP contribution is -2.57. The molecular weight excluding hydrogens is 318 g/mol. The number of amides is 1. The standard InChI is InChI=1S/C19H29N3OS/c23-19-4-3-16-13-21(14-17-2-1-11-24-17)10-7-18(16)22(19)12-15-5-8-20-9-6-15/h1-2,11,15-16,18,20H,3-10,12-14H2/t16-,18+/m0/s1. The summed E-state index contributed by atoms with van der Waals surface area (Å²) in [7, 11) is 0. The van der Waals surface area contributed by atoms with E-state index < -0.39 is 0 Å². The molecule has 0 aliphatic carbocycles. The molecule has 0 saturated carbocycles. The zero-order valence-corrected chi connectivity index (χ0v) is 15.3. The minimum Gasteiger partial charge on any atom is -0.339 e. The number of thiophene rings is 1. The second-order valence-corrected chi connectivity index (χ2v) is 8.74. The van der Waals surface area contributed by atoms with Crippen LogP contribution < -0.4 is 5.32 Å². The van der Waals surface area contributed by atoms with Crippen molar-refractivity contribution in [3.63, 3.8) is 0 Å². The van der Waals surface area contributed by atoms with Gasteiger partial charge in [-0.3, -0.25) is 9.69 Å². The molecule has 3 fully saturated rings. The predicted octanol–water partition coefficient (Wildman–Crippen LogP) is 2.56. The topological polar surface area (TPSA) is 35.6 Å². The molecule has 4 heterocycles. The van der Waals surface area contributed by atoms with Crippen molar-refractivity contribution in [3.8, 4) is 0 Å². The minimum absolute atomic E-state index is 0.418. The number of hydrogen-bond donors (Lipinski definition) is 1. The van der Waals surface area contributed by atoms with Crippen LogP contribution in [-0.2, 0) is 11.3 Å². The monoisotopic (exact) mass is 347 g/mol. The van der Waals surface area contributed by atoms with Crippen LogP contribution in [0.1, 0.15) is 37.0 Å². The minimum atomic E-state index is 0.418. The predicted molar refractivity (Wildman–Crippen MR) is 98.0 cm³/mol. The Morgan fingerprint density at radius 3 is 2.88 bits per heavy atom. The first-order valence-electron chi connectivity index (χ1n) is 9.54. The van der Waals surface area contributed by atoms with E-state index in [1.54, 1.807) is 0 Å². The Labute approximate surface area is 149 Å². The zero-order chi connectivity index (χ0) is 16.4. The van der Waals surface area contributed by atoms with Crippen LogP contribution in [0.4, 0.5) is 0 Å². The van der Waals surface area contributed by atoms with E-state index in [-0.39, 0.29) is 0 Å². The molecule has 1 aromatic heterocycles. The number of likely N-dealkylation sites (tertiary alicyclic amines) is 2. The van der Waals surface area contributed by atoms with E-state index in [1.807, 2.05) is 11.3 Å². The third-order valence-electron chi connectivity index (χ3n) is 6.10. The number of nitrogens with zero attached hydrogens (tertiary/aromatic N) is 2. The molecule has 3 aliphatic heterocycles. The maximum absolute atomic E-state index is 12.6. The maximum Gasteiger partial charge on any atom is 0.222 e. The highest BCUT2D eigenvalue weighted by molar-refractivity contribution is 7.09. The lowest BCUT2D eigenvalue weighted by Gasteiger charge is -2.48. The Morgan fingerprint density at radius 1 is 1.21 bits per heavy atom. The molecule has 3 aliphatic rings. The van der Waals surface area contributed by atoms with Crippen LogP contribution in [0.3, 0.4) is 0 Å². The molecule has 1 aromatic rings. The molecule has 0 radical (unpaired) electrons. The van der Waals surface area contributed by atoms with Gasteiger partial charge in [0.25, 0.3) is 0 Å². The van der Waals surface area contributed by atoms with Crippen LogP contribution in [-0.4, -0.2) is 54.5 Å². The summed E-state index contributed by atoms with van der Waals surface area (Å²) in [4.78, 5) is 18.9. The molecule has 0 aromatic carbocycles. The van der Waals surface area contributed by atoms with E-state index in [2.05, 4.69) is 32.6 Å². The Morgan fingerprint density at radius 2 is 2.08 bits per heavy atom. The van der Waals surface area contributed by atoms with Crippen LogP contribution in [0.25, 0.3) is 0 Å². The maximum atomic E-state index is 12.6. The Kier molecular flexibility index (Phi) is 5.20. The number of fused-ring (bicyclic) bond motifs is 1. The van der Waals surface area contributed by atoms with Crippen molar-refractivity contribution in [1.29, 1.82) is 0 Å². The second kappa shape index (κ2) is 7.54. The van der Waals surface area contributed by atoms with Gasteiger partial charge in [0.15, 0.2) is 0 Å². The van der Waals surface area contributed by atoms with Gasteiger partial charge in [-0.2, -0.15) is 0 Å². The first-order chi connectivity index (χ1) is 11.8. The van der Waals surface area contributed by atoms with Crippen molar-refractivity contribution in [2.45, 2.75) is 44.7 Å². The molecule has 2 atom stereocenters. The summed E-state index contributed by atoms with van der Waals surface area (Å²) < 4.78 is 0. The number of hydrogen-bond acceptors (Lipinski definition) is 4. The van der Waals surface area contributed by atoms with Gasteiger partial charge in [-0.25, -0.2) is 0 Å². The van der Waals surface area contributed by atoms with Crippen LogP contribution in [0, 0.1) is 11.8 Å². The summed E-state index contributed by atoms with van der Waals surface area (Å²) in [5.74, 6) is 1.80. The van der Waals surface area contributed by atoms with Gasteiger partial charge in [0.1, 0.15) is 0 Å².